The highest BCUT2D eigenvalue weighted by atomic mass is 16.4. The number of imidazole rings is 1. The van der Waals surface area contributed by atoms with E-state index in [0.717, 1.165) is 21.9 Å². The number of urea groups is 1. The number of nitrogens with one attached hydrogen (secondary N) is 4. The number of amides is 3. The number of carbonyl (C=O) groups excluding carboxylic acids is 2. The van der Waals surface area contributed by atoms with Crippen LogP contribution in [0.15, 0.2) is 67.1 Å². The molecule has 4 aromatic rings. The summed E-state index contributed by atoms with van der Waals surface area (Å²) in [5, 5.41) is 19.4. The van der Waals surface area contributed by atoms with Gasteiger partial charge in [0.05, 0.1) is 17.6 Å². The number of H-pyrrole nitrogens is 1. The van der Waals surface area contributed by atoms with E-state index in [4.69, 9.17) is 0 Å². The van der Waals surface area contributed by atoms with Crippen LogP contribution in [0.1, 0.15) is 27.2 Å². The van der Waals surface area contributed by atoms with Crippen LogP contribution < -0.4 is 16.0 Å². The molecule has 0 fully saturated rings. The number of aromatic nitrogens is 2. The van der Waals surface area contributed by atoms with Gasteiger partial charge >= 0.3 is 12.0 Å². The first-order valence-corrected chi connectivity index (χ1v) is 11.0. The van der Waals surface area contributed by atoms with Gasteiger partial charge in [-0.15, -0.1) is 0 Å². The molecule has 1 atom stereocenters. The zero-order valence-corrected chi connectivity index (χ0v) is 19.3. The van der Waals surface area contributed by atoms with E-state index in [0.29, 0.717) is 11.4 Å². The molecule has 0 aliphatic heterocycles. The Balaban J connectivity index is 1.63. The van der Waals surface area contributed by atoms with Gasteiger partial charge in [0.2, 0.25) is 0 Å². The minimum Gasteiger partial charge on any atom is -0.480 e. The molecule has 1 aromatic heterocycles. The second-order valence-electron chi connectivity index (χ2n) is 8.24. The number of para-hydroxylation sites is 1. The van der Waals surface area contributed by atoms with Gasteiger partial charge in [0, 0.05) is 24.0 Å². The zero-order chi connectivity index (χ0) is 24.9. The molecule has 178 valence electrons. The molecule has 1 heterocycles. The van der Waals surface area contributed by atoms with Crippen molar-refractivity contribution in [3.8, 4) is 0 Å². The average Bonchev–Trinajstić information content (AvgIpc) is 3.34. The van der Waals surface area contributed by atoms with Crippen molar-refractivity contribution in [1.82, 2.24) is 15.3 Å². The SMILES string of the molecule is Cc1cccc(C)c1NC(=O)Nc1cc2ccccc2cc1C(=O)N[C@@H](Cc1cnc[nH]1)C(=O)O. The van der Waals surface area contributed by atoms with Crippen molar-refractivity contribution < 1.29 is 19.5 Å². The number of aliphatic carboxylic acids is 1. The second kappa shape index (κ2) is 10.1. The fourth-order valence-electron chi connectivity index (χ4n) is 3.86. The molecule has 0 radical (unpaired) electrons. The highest BCUT2D eigenvalue weighted by Gasteiger charge is 2.24. The number of fused-ring (bicyclic) bond motifs is 1. The van der Waals surface area contributed by atoms with Crippen LogP contribution in [0.5, 0.6) is 0 Å². The molecule has 5 N–H and O–H groups in total. The van der Waals surface area contributed by atoms with E-state index in [1.54, 1.807) is 12.1 Å². The van der Waals surface area contributed by atoms with E-state index in [9.17, 15) is 19.5 Å². The molecular weight excluding hydrogens is 446 g/mol. The summed E-state index contributed by atoms with van der Waals surface area (Å²) >= 11 is 0. The summed E-state index contributed by atoms with van der Waals surface area (Å²) in [6.07, 6.45) is 2.98. The van der Waals surface area contributed by atoms with Crippen LogP contribution >= 0.6 is 0 Å². The fourth-order valence-corrected chi connectivity index (χ4v) is 3.86. The highest BCUT2D eigenvalue weighted by Crippen LogP contribution is 2.26. The normalized spacial score (nSPS) is 11.6. The quantitative estimate of drug-likeness (QED) is 0.274. The number of hydrogen-bond donors (Lipinski definition) is 5. The molecule has 3 amide bonds. The largest absolute Gasteiger partial charge is 0.480 e. The molecule has 0 unspecified atom stereocenters. The van der Waals surface area contributed by atoms with Crippen LogP contribution in [0.4, 0.5) is 16.2 Å². The van der Waals surface area contributed by atoms with Gasteiger partial charge in [0.15, 0.2) is 0 Å². The minimum atomic E-state index is -1.19. The van der Waals surface area contributed by atoms with Gasteiger partial charge < -0.3 is 26.0 Å². The van der Waals surface area contributed by atoms with Gasteiger partial charge in [0.1, 0.15) is 6.04 Å². The van der Waals surface area contributed by atoms with Gasteiger partial charge in [-0.3, -0.25) is 4.79 Å². The Morgan fingerprint density at radius 3 is 2.29 bits per heavy atom. The molecule has 9 nitrogen and oxygen atoms in total. The van der Waals surface area contributed by atoms with Crippen LogP contribution in [0, 0.1) is 13.8 Å². The summed E-state index contributed by atoms with van der Waals surface area (Å²) in [5.41, 5.74) is 3.47. The van der Waals surface area contributed by atoms with Crippen LogP contribution in [0.2, 0.25) is 0 Å². The van der Waals surface area contributed by atoms with E-state index < -0.39 is 23.9 Å². The Labute approximate surface area is 201 Å². The van der Waals surface area contributed by atoms with Crippen molar-refractivity contribution in [1.29, 1.82) is 0 Å². The van der Waals surface area contributed by atoms with Gasteiger partial charge in [-0.2, -0.15) is 0 Å². The molecule has 4 rings (SSSR count). The molecule has 0 spiro atoms. The molecule has 0 saturated heterocycles. The van der Waals surface area contributed by atoms with Crippen LogP contribution in [-0.4, -0.2) is 39.0 Å². The molecule has 35 heavy (non-hydrogen) atoms. The third kappa shape index (κ3) is 5.47. The molecule has 0 aliphatic carbocycles. The van der Waals surface area contributed by atoms with E-state index in [1.165, 1.54) is 12.5 Å². The number of carboxylic acid groups (broad SMARTS) is 1. The number of hydrogen-bond acceptors (Lipinski definition) is 4. The first-order valence-electron chi connectivity index (χ1n) is 11.0. The lowest BCUT2D eigenvalue weighted by atomic mass is 10.0. The third-order valence-electron chi connectivity index (χ3n) is 5.68. The molecule has 0 saturated carbocycles. The maximum Gasteiger partial charge on any atom is 0.326 e. The van der Waals surface area contributed by atoms with Gasteiger partial charge in [-0.1, -0.05) is 42.5 Å². The van der Waals surface area contributed by atoms with E-state index in [-0.39, 0.29) is 17.7 Å². The number of anilines is 2. The topological polar surface area (TPSA) is 136 Å². The lowest BCUT2D eigenvalue weighted by Crippen LogP contribution is -2.42. The number of aryl methyl sites for hydroxylation is 2. The fraction of sp³-hybridized carbons (Fsp3) is 0.154. The van der Waals surface area contributed by atoms with Crippen molar-refractivity contribution in [2.24, 2.45) is 0 Å². The number of carboxylic acids is 1. The Hall–Kier alpha value is -4.66. The zero-order valence-electron chi connectivity index (χ0n) is 19.3. The molecular formula is C26H25N5O4. The van der Waals surface area contributed by atoms with Crippen LogP contribution in [0.3, 0.4) is 0 Å². The second-order valence-corrected chi connectivity index (χ2v) is 8.24. The first-order chi connectivity index (χ1) is 16.8. The van der Waals surface area contributed by atoms with Gasteiger partial charge in [-0.05, 0) is 47.9 Å². The molecule has 0 aliphatic rings. The standard InChI is InChI=1S/C26H25N5O4/c1-15-6-5-7-16(2)23(15)31-26(35)30-21-11-18-9-4-3-8-17(18)10-20(21)24(32)29-22(25(33)34)12-19-13-27-14-28-19/h3-11,13-14,22H,12H2,1-2H3,(H,27,28)(H,29,32)(H,33,34)(H2,30,31,35)/t22-/m0/s1. The summed E-state index contributed by atoms with van der Waals surface area (Å²) in [7, 11) is 0. The Bertz CT molecular complexity index is 1380. The van der Waals surface area contributed by atoms with E-state index in [1.807, 2.05) is 56.3 Å². The minimum absolute atomic E-state index is 0.0322. The summed E-state index contributed by atoms with van der Waals surface area (Å²) in [6, 6.07) is 14.7. The number of nitrogens with zero attached hydrogens (tertiary/aromatic N) is 1. The first kappa shape index (κ1) is 23.5. The maximum absolute atomic E-state index is 13.2. The van der Waals surface area contributed by atoms with Crippen molar-refractivity contribution in [2.75, 3.05) is 10.6 Å². The number of rotatable bonds is 7. The summed E-state index contributed by atoms with van der Waals surface area (Å²) < 4.78 is 0. The lowest BCUT2D eigenvalue weighted by molar-refractivity contribution is -0.139. The van der Waals surface area contributed by atoms with E-state index >= 15 is 0 Å². The van der Waals surface area contributed by atoms with E-state index in [2.05, 4.69) is 25.9 Å². The summed E-state index contributed by atoms with van der Waals surface area (Å²) in [6.45, 7) is 3.78. The smallest absolute Gasteiger partial charge is 0.326 e. The van der Waals surface area contributed by atoms with Crippen molar-refractivity contribution >= 4 is 40.1 Å². The van der Waals surface area contributed by atoms with Crippen LogP contribution in [0.25, 0.3) is 10.8 Å². The number of aromatic amines is 1. The van der Waals surface area contributed by atoms with Crippen molar-refractivity contribution in [2.45, 2.75) is 26.3 Å². The molecule has 3 aromatic carbocycles. The number of benzene rings is 3. The van der Waals surface area contributed by atoms with Crippen molar-refractivity contribution in [3.63, 3.8) is 0 Å². The van der Waals surface area contributed by atoms with Gasteiger partial charge in [0.25, 0.3) is 5.91 Å². The number of carbonyl (C=O) groups is 3. The average molecular weight is 472 g/mol. The highest BCUT2D eigenvalue weighted by molar-refractivity contribution is 6.10. The summed E-state index contributed by atoms with van der Waals surface area (Å²) in [5.74, 6) is -1.80. The predicted molar refractivity (Wildman–Crippen MR) is 134 cm³/mol. The monoisotopic (exact) mass is 471 g/mol. The lowest BCUT2D eigenvalue weighted by Gasteiger charge is -2.18. The Kier molecular flexibility index (Phi) is 6.77. The van der Waals surface area contributed by atoms with Crippen LogP contribution in [-0.2, 0) is 11.2 Å². The predicted octanol–water partition coefficient (Wildman–Crippen LogP) is 4.25. The molecule has 9 heteroatoms. The van der Waals surface area contributed by atoms with Crippen molar-refractivity contribution in [3.05, 3.63) is 89.5 Å². The maximum atomic E-state index is 13.2. The third-order valence-corrected chi connectivity index (χ3v) is 5.68. The Morgan fingerprint density at radius 1 is 0.971 bits per heavy atom. The summed E-state index contributed by atoms with van der Waals surface area (Å²) in [4.78, 5) is 44.6. The van der Waals surface area contributed by atoms with Gasteiger partial charge in [-0.25, -0.2) is 14.6 Å². The molecule has 0 bridgehead atoms. The Morgan fingerprint density at radius 2 is 1.66 bits per heavy atom.